The number of halogens is 3. The van der Waals surface area contributed by atoms with E-state index in [1.807, 2.05) is 6.92 Å². The Hall–Kier alpha value is -1.13. The van der Waals surface area contributed by atoms with E-state index in [1.165, 1.54) is 15.4 Å². The molecule has 0 saturated carbocycles. The molecule has 0 spiro atoms. The number of rotatable bonds is 4. The Balaban J connectivity index is 2.01. The van der Waals surface area contributed by atoms with Crippen LogP contribution in [0.4, 0.5) is 13.2 Å². The second-order valence-corrected chi connectivity index (χ2v) is 6.75. The fourth-order valence-corrected chi connectivity index (χ4v) is 3.53. The number of sulfonamides is 1. The number of H-pyrrole nitrogens is 1. The highest BCUT2D eigenvalue weighted by molar-refractivity contribution is 7.89. The normalized spacial score (nSPS) is 19.0. The zero-order chi connectivity index (χ0) is 15.7. The van der Waals surface area contributed by atoms with Crippen molar-refractivity contribution in [2.24, 2.45) is 0 Å². The first kappa shape index (κ1) is 16.2. The van der Waals surface area contributed by atoms with Crippen LogP contribution < -0.4 is 0 Å². The van der Waals surface area contributed by atoms with Crippen molar-refractivity contribution in [3.8, 4) is 0 Å². The molecule has 1 fully saturated rings. The first-order chi connectivity index (χ1) is 9.72. The topological polar surface area (TPSA) is 69.3 Å². The SMILES string of the molecule is CCc1ncc(S(=O)(=O)N2CCN(CC(F)(F)F)CC2)[nH]1. The maximum absolute atomic E-state index is 12.3. The molecule has 0 amide bonds. The van der Waals surface area contributed by atoms with Crippen LogP contribution >= 0.6 is 0 Å². The standard InChI is InChI=1S/C11H17F3N4O2S/c1-2-9-15-7-10(16-9)21(19,20)18-5-3-17(4-6-18)8-11(12,13)14/h7H,2-6,8H2,1H3,(H,15,16). The number of aromatic nitrogens is 2. The van der Waals surface area contributed by atoms with Crippen molar-refractivity contribution in [1.82, 2.24) is 19.2 Å². The summed E-state index contributed by atoms with van der Waals surface area (Å²) in [4.78, 5) is 7.86. The van der Waals surface area contributed by atoms with E-state index < -0.39 is 22.7 Å². The molecule has 0 radical (unpaired) electrons. The lowest BCUT2D eigenvalue weighted by atomic mass is 10.3. The van der Waals surface area contributed by atoms with Gasteiger partial charge in [-0.05, 0) is 0 Å². The Kier molecular flexibility index (Phi) is 4.59. The molecule has 0 unspecified atom stereocenters. The highest BCUT2D eigenvalue weighted by Crippen LogP contribution is 2.20. The summed E-state index contributed by atoms with van der Waals surface area (Å²) in [5, 5.41) is -0.0105. The van der Waals surface area contributed by atoms with Crippen LogP contribution in [-0.4, -0.2) is 66.5 Å². The minimum atomic E-state index is -4.26. The van der Waals surface area contributed by atoms with Gasteiger partial charge in [0, 0.05) is 32.6 Å². The number of hydrogen-bond acceptors (Lipinski definition) is 4. The lowest BCUT2D eigenvalue weighted by molar-refractivity contribution is -0.148. The fourth-order valence-electron chi connectivity index (χ4n) is 2.17. The summed E-state index contributed by atoms with van der Waals surface area (Å²) in [6, 6.07) is 0. The van der Waals surface area contributed by atoms with Crippen molar-refractivity contribution in [3.05, 3.63) is 12.0 Å². The van der Waals surface area contributed by atoms with E-state index in [-0.39, 0.29) is 31.2 Å². The molecule has 120 valence electrons. The summed E-state index contributed by atoms with van der Waals surface area (Å²) in [7, 11) is -3.71. The van der Waals surface area contributed by atoms with Crippen LogP contribution in [0.2, 0.25) is 0 Å². The Labute approximate surface area is 121 Å². The molecule has 1 aromatic heterocycles. The van der Waals surface area contributed by atoms with E-state index in [1.54, 1.807) is 0 Å². The molecular weight excluding hydrogens is 309 g/mol. The number of piperazine rings is 1. The molecule has 6 nitrogen and oxygen atoms in total. The third-order valence-corrected chi connectivity index (χ3v) is 5.10. The number of aryl methyl sites for hydroxylation is 1. The van der Waals surface area contributed by atoms with Crippen LogP contribution in [0.15, 0.2) is 11.2 Å². The molecule has 0 aliphatic carbocycles. The van der Waals surface area contributed by atoms with Gasteiger partial charge in [-0.1, -0.05) is 6.92 Å². The van der Waals surface area contributed by atoms with Gasteiger partial charge in [-0.2, -0.15) is 17.5 Å². The van der Waals surface area contributed by atoms with Gasteiger partial charge < -0.3 is 4.98 Å². The van der Waals surface area contributed by atoms with Crippen LogP contribution in [-0.2, 0) is 16.4 Å². The van der Waals surface area contributed by atoms with Gasteiger partial charge in [-0.25, -0.2) is 13.4 Å². The summed E-state index contributed by atoms with van der Waals surface area (Å²) in [5.41, 5.74) is 0. The summed E-state index contributed by atoms with van der Waals surface area (Å²) in [6.07, 6.45) is -2.44. The average molecular weight is 326 g/mol. The zero-order valence-corrected chi connectivity index (χ0v) is 12.3. The monoisotopic (exact) mass is 326 g/mol. The molecule has 1 aromatic rings. The Morgan fingerprint density at radius 3 is 2.38 bits per heavy atom. The lowest BCUT2D eigenvalue weighted by Gasteiger charge is -2.33. The lowest BCUT2D eigenvalue weighted by Crippen LogP contribution is -2.50. The Bertz CT molecular complexity index is 577. The number of nitrogens with one attached hydrogen (secondary N) is 1. The number of nitrogens with zero attached hydrogens (tertiary/aromatic N) is 3. The van der Waals surface area contributed by atoms with Crippen molar-refractivity contribution in [2.45, 2.75) is 24.5 Å². The fraction of sp³-hybridized carbons (Fsp3) is 0.727. The third-order valence-electron chi connectivity index (χ3n) is 3.29. The molecule has 1 aliphatic rings. The van der Waals surface area contributed by atoms with Gasteiger partial charge >= 0.3 is 6.18 Å². The van der Waals surface area contributed by atoms with Gasteiger partial charge in [0.05, 0.1) is 12.7 Å². The van der Waals surface area contributed by atoms with Crippen molar-refractivity contribution in [2.75, 3.05) is 32.7 Å². The van der Waals surface area contributed by atoms with Gasteiger partial charge in [0.2, 0.25) is 0 Å². The molecule has 0 atom stereocenters. The van der Waals surface area contributed by atoms with Crippen molar-refractivity contribution in [3.63, 3.8) is 0 Å². The summed E-state index contributed by atoms with van der Waals surface area (Å²) in [5.74, 6) is 0.560. The van der Waals surface area contributed by atoms with E-state index in [9.17, 15) is 21.6 Å². The summed E-state index contributed by atoms with van der Waals surface area (Å²) < 4.78 is 62.7. The highest BCUT2D eigenvalue weighted by Gasteiger charge is 2.35. The van der Waals surface area contributed by atoms with E-state index in [0.717, 1.165) is 0 Å². The summed E-state index contributed by atoms with van der Waals surface area (Å²) in [6.45, 7) is 1.04. The van der Waals surface area contributed by atoms with E-state index in [0.29, 0.717) is 12.2 Å². The molecule has 10 heteroatoms. The predicted octanol–water partition coefficient (Wildman–Crippen LogP) is 0.841. The van der Waals surface area contributed by atoms with E-state index >= 15 is 0 Å². The maximum atomic E-state index is 12.3. The first-order valence-corrected chi connectivity index (χ1v) is 7.99. The highest BCUT2D eigenvalue weighted by atomic mass is 32.2. The van der Waals surface area contributed by atoms with Crippen LogP contribution in [0.25, 0.3) is 0 Å². The molecule has 2 rings (SSSR count). The Morgan fingerprint density at radius 1 is 1.29 bits per heavy atom. The predicted molar refractivity (Wildman–Crippen MR) is 69.2 cm³/mol. The number of alkyl halides is 3. The molecule has 0 bridgehead atoms. The third kappa shape index (κ3) is 3.95. The van der Waals surface area contributed by atoms with Gasteiger partial charge in [0.1, 0.15) is 5.82 Å². The van der Waals surface area contributed by atoms with Gasteiger partial charge in [0.25, 0.3) is 10.0 Å². The smallest absolute Gasteiger partial charge is 0.332 e. The van der Waals surface area contributed by atoms with E-state index in [4.69, 9.17) is 0 Å². The second-order valence-electron chi connectivity index (χ2n) is 4.84. The van der Waals surface area contributed by atoms with Gasteiger partial charge in [0.15, 0.2) is 5.03 Å². The largest absolute Gasteiger partial charge is 0.401 e. The molecule has 1 saturated heterocycles. The van der Waals surface area contributed by atoms with Crippen LogP contribution in [0, 0.1) is 0 Å². The second kappa shape index (κ2) is 5.93. The van der Waals surface area contributed by atoms with Crippen molar-refractivity contribution < 1.29 is 21.6 Å². The number of imidazole rings is 1. The van der Waals surface area contributed by atoms with Crippen molar-refractivity contribution in [1.29, 1.82) is 0 Å². The quantitative estimate of drug-likeness (QED) is 0.890. The van der Waals surface area contributed by atoms with Crippen molar-refractivity contribution >= 4 is 10.0 Å². The average Bonchev–Trinajstić information content (AvgIpc) is 2.87. The minimum absolute atomic E-state index is 0.0105. The maximum Gasteiger partial charge on any atom is 0.401 e. The van der Waals surface area contributed by atoms with Gasteiger partial charge in [-0.15, -0.1) is 0 Å². The minimum Gasteiger partial charge on any atom is -0.332 e. The molecule has 21 heavy (non-hydrogen) atoms. The molecule has 0 aromatic carbocycles. The molecule has 1 N–H and O–H groups in total. The number of aromatic amines is 1. The number of hydrogen-bond donors (Lipinski definition) is 1. The molecular formula is C11H17F3N4O2S. The zero-order valence-electron chi connectivity index (χ0n) is 11.5. The van der Waals surface area contributed by atoms with Crippen LogP contribution in [0.5, 0.6) is 0 Å². The molecule has 1 aliphatic heterocycles. The first-order valence-electron chi connectivity index (χ1n) is 6.55. The van der Waals surface area contributed by atoms with Crippen LogP contribution in [0.1, 0.15) is 12.7 Å². The Morgan fingerprint density at radius 2 is 1.90 bits per heavy atom. The van der Waals surface area contributed by atoms with E-state index in [2.05, 4.69) is 9.97 Å². The van der Waals surface area contributed by atoms with Crippen LogP contribution in [0.3, 0.4) is 0 Å². The molecule has 2 heterocycles. The summed E-state index contributed by atoms with van der Waals surface area (Å²) >= 11 is 0. The van der Waals surface area contributed by atoms with Gasteiger partial charge in [-0.3, -0.25) is 4.90 Å².